The highest BCUT2D eigenvalue weighted by atomic mass is 16.2. The van der Waals surface area contributed by atoms with Crippen molar-refractivity contribution in [3.05, 3.63) is 29.8 Å². The molecule has 0 spiro atoms. The molecule has 5 nitrogen and oxygen atoms in total. The van der Waals surface area contributed by atoms with E-state index in [2.05, 4.69) is 17.6 Å². The van der Waals surface area contributed by atoms with Crippen LogP contribution in [0.4, 0.5) is 5.69 Å². The van der Waals surface area contributed by atoms with E-state index in [0.29, 0.717) is 18.5 Å². The summed E-state index contributed by atoms with van der Waals surface area (Å²) >= 11 is 0. The van der Waals surface area contributed by atoms with Gasteiger partial charge < -0.3 is 15.5 Å². The molecule has 0 saturated carbocycles. The predicted molar refractivity (Wildman–Crippen MR) is 83.5 cm³/mol. The maximum Gasteiger partial charge on any atom is 0.251 e. The minimum absolute atomic E-state index is 0.0763. The van der Waals surface area contributed by atoms with Gasteiger partial charge in [0, 0.05) is 37.3 Å². The van der Waals surface area contributed by atoms with Crippen LogP contribution < -0.4 is 15.5 Å². The summed E-state index contributed by atoms with van der Waals surface area (Å²) in [5.74, 6) is 0.0850. The molecule has 2 amide bonds. The highest BCUT2D eigenvalue weighted by molar-refractivity contribution is 5.97. The summed E-state index contributed by atoms with van der Waals surface area (Å²) in [6.45, 7) is 5.24. The number of rotatable bonds is 7. The molecule has 2 rings (SSSR count). The van der Waals surface area contributed by atoms with Crippen LogP contribution in [0, 0.1) is 0 Å². The Morgan fingerprint density at radius 2 is 1.95 bits per heavy atom. The third kappa shape index (κ3) is 4.29. The Hall–Kier alpha value is -1.88. The average Bonchev–Trinajstić information content (AvgIpc) is 2.93. The quantitative estimate of drug-likeness (QED) is 0.749. The van der Waals surface area contributed by atoms with Crippen molar-refractivity contribution >= 4 is 17.5 Å². The molecule has 1 aromatic rings. The summed E-state index contributed by atoms with van der Waals surface area (Å²) in [4.78, 5) is 25.4. The number of hydrogen-bond donors (Lipinski definition) is 2. The fourth-order valence-electron chi connectivity index (χ4n) is 2.38. The van der Waals surface area contributed by atoms with Crippen LogP contribution >= 0.6 is 0 Å². The molecule has 1 aliphatic heterocycles. The summed E-state index contributed by atoms with van der Waals surface area (Å²) in [6.07, 6.45) is 2.61. The molecule has 2 N–H and O–H groups in total. The monoisotopic (exact) mass is 289 g/mol. The van der Waals surface area contributed by atoms with Crippen LogP contribution in [0.3, 0.4) is 0 Å². The van der Waals surface area contributed by atoms with E-state index in [1.165, 1.54) is 0 Å². The second-order valence-electron chi connectivity index (χ2n) is 5.20. The van der Waals surface area contributed by atoms with Gasteiger partial charge in [0.05, 0.1) is 0 Å². The maximum absolute atomic E-state index is 12.0. The zero-order valence-electron chi connectivity index (χ0n) is 12.5. The summed E-state index contributed by atoms with van der Waals surface area (Å²) in [5, 5.41) is 6.11. The molecule has 1 aliphatic rings. The Balaban J connectivity index is 1.83. The second kappa shape index (κ2) is 7.78. The Morgan fingerprint density at radius 3 is 2.57 bits per heavy atom. The van der Waals surface area contributed by atoms with Gasteiger partial charge in [-0.15, -0.1) is 0 Å². The molecule has 0 bridgehead atoms. The maximum atomic E-state index is 12.0. The highest BCUT2D eigenvalue weighted by Crippen LogP contribution is 2.21. The van der Waals surface area contributed by atoms with Crippen molar-refractivity contribution in [2.24, 2.45) is 0 Å². The van der Waals surface area contributed by atoms with E-state index in [1.54, 1.807) is 17.0 Å². The van der Waals surface area contributed by atoms with Gasteiger partial charge in [-0.3, -0.25) is 9.59 Å². The molecule has 114 valence electrons. The van der Waals surface area contributed by atoms with Gasteiger partial charge >= 0.3 is 0 Å². The molecule has 21 heavy (non-hydrogen) atoms. The van der Waals surface area contributed by atoms with E-state index >= 15 is 0 Å². The van der Waals surface area contributed by atoms with E-state index in [-0.39, 0.29) is 11.8 Å². The number of anilines is 1. The Morgan fingerprint density at radius 1 is 1.19 bits per heavy atom. The number of amides is 2. The first-order chi connectivity index (χ1) is 10.2. The van der Waals surface area contributed by atoms with Crippen molar-refractivity contribution in [2.75, 3.05) is 31.1 Å². The Labute approximate surface area is 125 Å². The molecular formula is C16H23N3O2. The SMILES string of the molecule is CCCNCCNC(=O)c1ccc(N2CCCC2=O)cc1. The van der Waals surface area contributed by atoms with Crippen LogP contribution in [-0.2, 0) is 4.79 Å². The molecule has 1 fully saturated rings. The number of nitrogens with zero attached hydrogens (tertiary/aromatic N) is 1. The molecule has 0 aromatic heterocycles. The van der Waals surface area contributed by atoms with Gasteiger partial charge in [-0.2, -0.15) is 0 Å². The third-order valence-electron chi connectivity index (χ3n) is 3.53. The predicted octanol–water partition coefficient (Wildman–Crippen LogP) is 1.54. The molecule has 1 aromatic carbocycles. The van der Waals surface area contributed by atoms with Crippen LogP contribution in [0.1, 0.15) is 36.5 Å². The normalized spacial score (nSPS) is 14.5. The minimum atomic E-state index is -0.0763. The van der Waals surface area contributed by atoms with Gasteiger partial charge in [-0.05, 0) is 43.7 Å². The molecule has 1 heterocycles. The fourth-order valence-corrected chi connectivity index (χ4v) is 2.38. The standard InChI is InChI=1S/C16H23N3O2/c1-2-9-17-10-11-18-16(21)13-5-7-14(8-6-13)19-12-3-4-15(19)20/h5-8,17H,2-4,9-12H2,1H3,(H,18,21). The lowest BCUT2D eigenvalue weighted by Crippen LogP contribution is -2.32. The number of hydrogen-bond acceptors (Lipinski definition) is 3. The van der Waals surface area contributed by atoms with E-state index in [4.69, 9.17) is 0 Å². The van der Waals surface area contributed by atoms with Crippen molar-refractivity contribution in [3.63, 3.8) is 0 Å². The highest BCUT2D eigenvalue weighted by Gasteiger charge is 2.21. The lowest BCUT2D eigenvalue weighted by atomic mass is 10.2. The van der Waals surface area contributed by atoms with Gasteiger partial charge in [0.2, 0.25) is 5.91 Å². The molecule has 5 heteroatoms. The first-order valence-electron chi connectivity index (χ1n) is 7.61. The molecule has 0 atom stereocenters. The van der Waals surface area contributed by atoms with Crippen LogP contribution in [0.25, 0.3) is 0 Å². The minimum Gasteiger partial charge on any atom is -0.351 e. The summed E-state index contributed by atoms with van der Waals surface area (Å²) in [6, 6.07) is 7.23. The van der Waals surface area contributed by atoms with Crippen LogP contribution in [0.2, 0.25) is 0 Å². The van der Waals surface area contributed by atoms with Crippen molar-refractivity contribution in [1.29, 1.82) is 0 Å². The summed E-state index contributed by atoms with van der Waals surface area (Å²) in [5.41, 5.74) is 1.50. The summed E-state index contributed by atoms with van der Waals surface area (Å²) in [7, 11) is 0. The van der Waals surface area contributed by atoms with Gasteiger partial charge in [-0.25, -0.2) is 0 Å². The largest absolute Gasteiger partial charge is 0.351 e. The topological polar surface area (TPSA) is 61.4 Å². The van der Waals surface area contributed by atoms with E-state index < -0.39 is 0 Å². The Kier molecular flexibility index (Phi) is 5.75. The first kappa shape index (κ1) is 15.5. The lowest BCUT2D eigenvalue weighted by molar-refractivity contribution is -0.117. The molecule has 0 radical (unpaired) electrons. The summed E-state index contributed by atoms with van der Waals surface area (Å²) < 4.78 is 0. The third-order valence-corrected chi connectivity index (χ3v) is 3.53. The average molecular weight is 289 g/mol. The van der Waals surface area contributed by atoms with Crippen molar-refractivity contribution in [2.45, 2.75) is 26.2 Å². The second-order valence-corrected chi connectivity index (χ2v) is 5.20. The smallest absolute Gasteiger partial charge is 0.251 e. The number of carbonyl (C=O) groups is 2. The van der Waals surface area contributed by atoms with Gasteiger partial charge in [0.25, 0.3) is 5.91 Å². The molecule has 0 unspecified atom stereocenters. The zero-order chi connectivity index (χ0) is 15.1. The van der Waals surface area contributed by atoms with Gasteiger partial charge in [0.15, 0.2) is 0 Å². The van der Waals surface area contributed by atoms with E-state index in [1.807, 2.05) is 12.1 Å². The molecule has 0 aliphatic carbocycles. The van der Waals surface area contributed by atoms with Crippen LogP contribution in [-0.4, -0.2) is 38.0 Å². The molecule has 1 saturated heterocycles. The lowest BCUT2D eigenvalue weighted by Gasteiger charge is -2.15. The number of carbonyl (C=O) groups excluding carboxylic acids is 2. The van der Waals surface area contributed by atoms with Gasteiger partial charge in [0.1, 0.15) is 0 Å². The zero-order valence-corrected chi connectivity index (χ0v) is 12.5. The van der Waals surface area contributed by atoms with Crippen LogP contribution in [0.15, 0.2) is 24.3 Å². The Bertz CT molecular complexity index is 485. The van der Waals surface area contributed by atoms with Crippen LogP contribution in [0.5, 0.6) is 0 Å². The number of nitrogens with one attached hydrogen (secondary N) is 2. The van der Waals surface area contributed by atoms with E-state index in [9.17, 15) is 9.59 Å². The first-order valence-corrected chi connectivity index (χ1v) is 7.61. The van der Waals surface area contributed by atoms with Crippen molar-refractivity contribution in [3.8, 4) is 0 Å². The number of benzene rings is 1. The van der Waals surface area contributed by atoms with Crippen molar-refractivity contribution in [1.82, 2.24) is 10.6 Å². The van der Waals surface area contributed by atoms with E-state index in [0.717, 1.165) is 38.2 Å². The van der Waals surface area contributed by atoms with Gasteiger partial charge in [-0.1, -0.05) is 6.92 Å². The van der Waals surface area contributed by atoms with Crippen molar-refractivity contribution < 1.29 is 9.59 Å². The fraction of sp³-hybridized carbons (Fsp3) is 0.500. The molecular weight excluding hydrogens is 266 g/mol.